The van der Waals surface area contributed by atoms with E-state index in [9.17, 15) is 35.8 Å². The normalized spacial score (nSPS) is 15.6. The number of aliphatic carboxylic acids is 1. The first-order valence-corrected chi connectivity index (χ1v) is 27.8. The van der Waals surface area contributed by atoms with E-state index in [0.717, 1.165) is 16.5 Å². The van der Waals surface area contributed by atoms with Gasteiger partial charge in [0.05, 0.1) is 96.0 Å². The van der Waals surface area contributed by atoms with Gasteiger partial charge in [-0.2, -0.15) is 8.42 Å². The Hall–Kier alpha value is -3.10. The summed E-state index contributed by atoms with van der Waals surface area (Å²) in [5.74, 6) is -0.231. The third-order valence-electron chi connectivity index (χ3n) is 12.2. The van der Waals surface area contributed by atoms with Crippen LogP contribution in [0.5, 0.6) is 0 Å². The molecule has 0 saturated carbocycles. The van der Waals surface area contributed by atoms with Gasteiger partial charge in [-0.3, -0.25) is 9.35 Å². The molecule has 0 aromatic heterocycles. The van der Waals surface area contributed by atoms with Crippen molar-refractivity contribution in [3.8, 4) is 11.3 Å². The summed E-state index contributed by atoms with van der Waals surface area (Å²) in [7, 11) is -5.92. The molecular weight excluding hydrogens is 1010 g/mol. The molecule has 19 nitrogen and oxygen atoms in total. The van der Waals surface area contributed by atoms with Gasteiger partial charge in [-0.15, -0.1) is 0 Å². The van der Waals surface area contributed by atoms with Gasteiger partial charge in [0, 0.05) is 55.6 Å². The SMILES string of the molecule is COCCOCCOCCOCC[N+](CCOCCOCCOCCOC)=c1ccc2c(C(C)(C)C)cc(/C=C/C=C3/N(CCCCCC(=O)O)c4ccc(S(=O)(=O)[O-])cc4C3(C)CCCS(=O)(=O)O)oc-2c1.[Na+]. The predicted molar refractivity (Wildman–Crippen MR) is 276 cm³/mol. The molecule has 4 rings (SSSR count). The summed E-state index contributed by atoms with van der Waals surface area (Å²) in [6.07, 6.45) is 7.39. The molecule has 2 heterocycles. The third kappa shape index (κ3) is 22.5. The Bertz CT molecular complexity index is 2460. The van der Waals surface area contributed by atoms with E-state index in [-0.39, 0.29) is 54.2 Å². The fourth-order valence-electron chi connectivity index (χ4n) is 8.44. The zero-order valence-corrected chi connectivity index (χ0v) is 48.1. The summed E-state index contributed by atoms with van der Waals surface area (Å²) in [6, 6.07) is 12.3. The number of unbranched alkanes of at least 4 members (excludes halogenated alkanes) is 2. The van der Waals surface area contributed by atoms with Gasteiger partial charge in [0.25, 0.3) is 10.1 Å². The molecule has 0 amide bonds. The first-order chi connectivity index (χ1) is 34.8. The van der Waals surface area contributed by atoms with Gasteiger partial charge in [0.15, 0.2) is 13.1 Å². The molecule has 1 aromatic carbocycles. The number of carboxylic acid groups (broad SMARTS) is 1. The number of rotatable bonds is 37. The second-order valence-corrected chi connectivity index (χ2v) is 21.7. The van der Waals surface area contributed by atoms with Crippen LogP contribution in [0.2, 0.25) is 0 Å². The molecule has 0 bridgehead atoms. The molecule has 2 N–H and O–H groups in total. The first kappa shape index (κ1) is 65.2. The summed E-state index contributed by atoms with van der Waals surface area (Å²) in [4.78, 5) is 12.8. The summed E-state index contributed by atoms with van der Waals surface area (Å²) >= 11 is 0. The zero-order chi connectivity index (χ0) is 53.3. The number of hydrogen-bond donors (Lipinski definition) is 2. The van der Waals surface area contributed by atoms with Crippen molar-refractivity contribution in [1.29, 1.82) is 0 Å². The number of fused-ring (bicyclic) bond motifs is 2. The van der Waals surface area contributed by atoms with Crippen molar-refractivity contribution in [2.75, 3.05) is 137 Å². The molecule has 0 saturated heterocycles. The Morgan fingerprint density at radius 3 is 1.82 bits per heavy atom. The van der Waals surface area contributed by atoms with Crippen molar-refractivity contribution in [3.05, 3.63) is 82.6 Å². The summed E-state index contributed by atoms with van der Waals surface area (Å²) in [6.45, 7) is 16.2. The molecule has 1 aliphatic carbocycles. The van der Waals surface area contributed by atoms with E-state index < -0.39 is 42.3 Å². The largest absolute Gasteiger partial charge is 1.00 e. The molecule has 1 unspecified atom stereocenters. The number of ether oxygens (including phenoxy) is 8. The molecule has 74 heavy (non-hydrogen) atoms. The van der Waals surface area contributed by atoms with E-state index in [1.165, 1.54) is 12.1 Å². The topological polar surface area (TPSA) is 242 Å². The van der Waals surface area contributed by atoms with E-state index in [2.05, 4.69) is 37.5 Å². The smallest absolute Gasteiger partial charge is 0.744 e. The van der Waals surface area contributed by atoms with Crippen LogP contribution in [-0.4, -0.2) is 169 Å². The summed E-state index contributed by atoms with van der Waals surface area (Å²) in [5, 5.41) is 10.1. The van der Waals surface area contributed by atoms with E-state index in [1.54, 1.807) is 20.3 Å². The van der Waals surface area contributed by atoms with Gasteiger partial charge in [-0.05, 0) is 91.6 Å². The quantitative estimate of drug-likeness (QED) is 0.0365. The van der Waals surface area contributed by atoms with E-state index in [4.69, 9.17) is 42.3 Å². The fraction of sp³-hybridized carbons (Fsp3) is 0.615. The van der Waals surface area contributed by atoms with Crippen molar-refractivity contribution in [2.24, 2.45) is 0 Å². The molecule has 1 atom stereocenters. The van der Waals surface area contributed by atoms with Crippen molar-refractivity contribution >= 4 is 38.0 Å². The molecule has 0 radical (unpaired) electrons. The van der Waals surface area contributed by atoms with Gasteiger partial charge in [0.1, 0.15) is 34.9 Å². The molecular formula is C52H78N2NaO17S2+. The van der Waals surface area contributed by atoms with Crippen LogP contribution < -0.4 is 44.4 Å². The fourth-order valence-corrected chi connectivity index (χ4v) is 9.44. The average Bonchev–Trinajstić information content (AvgIpc) is 3.55. The van der Waals surface area contributed by atoms with Crippen molar-refractivity contribution in [1.82, 2.24) is 4.58 Å². The van der Waals surface area contributed by atoms with E-state index >= 15 is 0 Å². The minimum atomic E-state index is -4.85. The van der Waals surface area contributed by atoms with Crippen LogP contribution in [0.3, 0.4) is 0 Å². The molecule has 0 spiro atoms. The van der Waals surface area contributed by atoms with Crippen LogP contribution in [0.25, 0.3) is 17.4 Å². The number of carbonyl (C=O) groups is 1. The number of nitrogens with zero attached hydrogens (tertiary/aromatic N) is 2. The standard InChI is InChI=1S/C52H78N2O17S2.Na/c1-51(2,3)45-39-42(12-10-13-49-52(4,19-11-37-72(57,58)59)46-40-43(73(60,61)62)16-18-47(46)54(49)20-9-7-8-14-50(55)56)71-48-38-41(15-17-44(45)48)53(21-23-65-29-31-69-35-33-67-27-25-63-5)22-24-66-30-32-70-36-34-68-28-26-64-6;/h10,12-13,15-18,38-40H,7-9,11,14,19-37H2,1-6H3,(H2-,55,56,57,58,59,60,61,62);/q;+1. The Morgan fingerprint density at radius 1 is 0.757 bits per heavy atom. The van der Waals surface area contributed by atoms with Gasteiger partial charge in [0.2, 0.25) is 5.36 Å². The van der Waals surface area contributed by atoms with Crippen LogP contribution in [0.4, 0.5) is 5.69 Å². The first-order valence-electron chi connectivity index (χ1n) is 24.8. The Kier molecular flexibility index (Phi) is 29.3. The maximum absolute atomic E-state index is 12.3. The number of anilines is 1. The predicted octanol–water partition coefficient (Wildman–Crippen LogP) is 2.74. The monoisotopic (exact) mass is 1090 g/mol. The molecule has 3 aliphatic rings. The molecule has 2 aliphatic heterocycles. The number of methoxy groups -OCH3 is 2. The Balaban J connectivity index is 0.0000144. The maximum Gasteiger partial charge on any atom is 1.00 e. The Morgan fingerprint density at radius 2 is 1.31 bits per heavy atom. The van der Waals surface area contributed by atoms with Crippen LogP contribution in [0.1, 0.15) is 83.1 Å². The number of benzene rings is 2. The molecule has 1 aromatic rings. The summed E-state index contributed by atoms with van der Waals surface area (Å²) in [5.41, 5.74) is 2.52. The average molecular weight is 1090 g/mol. The third-order valence-corrected chi connectivity index (χ3v) is 13.8. The van der Waals surface area contributed by atoms with Crippen LogP contribution in [0, 0.1) is 0 Å². The van der Waals surface area contributed by atoms with Crippen LogP contribution >= 0.6 is 0 Å². The second-order valence-electron chi connectivity index (χ2n) is 18.8. The number of carboxylic acids is 1. The summed E-state index contributed by atoms with van der Waals surface area (Å²) < 4.78 is 123. The van der Waals surface area contributed by atoms with Gasteiger partial charge >= 0.3 is 35.5 Å². The van der Waals surface area contributed by atoms with Crippen molar-refractivity contribution in [3.63, 3.8) is 0 Å². The molecule has 0 fully saturated rings. The zero-order valence-electron chi connectivity index (χ0n) is 44.5. The second kappa shape index (κ2) is 33.2. The Labute approximate surface area is 460 Å². The van der Waals surface area contributed by atoms with Crippen molar-refractivity contribution < 1.29 is 108 Å². The van der Waals surface area contributed by atoms with Gasteiger partial charge < -0.3 is 56.9 Å². The van der Waals surface area contributed by atoms with E-state index in [1.807, 2.05) is 42.2 Å². The van der Waals surface area contributed by atoms with Crippen LogP contribution in [-0.2, 0) is 73.8 Å². The van der Waals surface area contributed by atoms with Crippen LogP contribution in [0.15, 0.2) is 69.6 Å². The maximum atomic E-state index is 12.3. The minimum Gasteiger partial charge on any atom is -0.744 e. The van der Waals surface area contributed by atoms with E-state index in [0.29, 0.717) is 160 Å². The number of allylic oxidation sites excluding steroid dienone is 3. The minimum absolute atomic E-state index is 0. The van der Waals surface area contributed by atoms with Gasteiger partial charge in [-0.25, -0.2) is 13.0 Å². The van der Waals surface area contributed by atoms with Crippen molar-refractivity contribution in [2.45, 2.75) is 81.9 Å². The van der Waals surface area contributed by atoms with Gasteiger partial charge in [-0.1, -0.05) is 33.3 Å². The number of hydrogen-bond acceptors (Lipinski definition) is 16. The molecule has 22 heteroatoms. The molecule has 410 valence electrons.